The molecule has 4 rings (SSSR count). The topological polar surface area (TPSA) is 92.3 Å². The van der Waals surface area contributed by atoms with E-state index in [1.165, 1.54) is 5.01 Å². The van der Waals surface area contributed by atoms with Gasteiger partial charge in [-0.25, -0.2) is 5.01 Å². The molecule has 0 aliphatic carbocycles. The van der Waals surface area contributed by atoms with Crippen molar-refractivity contribution in [2.24, 2.45) is 4.99 Å². The highest BCUT2D eigenvalue weighted by Crippen LogP contribution is 2.32. The lowest BCUT2D eigenvalue weighted by Crippen LogP contribution is -2.56. The molecule has 2 aromatic rings. The number of benzene rings is 2. The maximum absolute atomic E-state index is 12.7. The Kier molecular flexibility index (Phi) is 5.07. The number of rotatable bonds is 4. The Hall–Kier alpha value is -3.55. The van der Waals surface area contributed by atoms with Gasteiger partial charge in [0, 0.05) is 0 Å². The van der Waals surface area contributed by atoms with Gasteiger partial charge >= 0.3 is 0 Å². The summed E-state index contributed by atoms with van der Waals surface area (Å²) in [5, 5.41) is 4.25. The number of hydrazine groups is 1. The Morgan fingerprint density at radius 2 is 1.86 bits per heavy atom. The third-order valence-electron chi connectivity index (χ3n) is 4.76. The van der Waals surface area contributed by atoms with Crippen molar-refractivity contribution in [2.45, 2.75) is 19.9 Å². The summed E-state index contributed by atoms with van der Waals surface area (Å²) in [5.41, 5.74) is 5.44. The molecule has 8 heteroatoms. The lowest BCUT2D eigenvalue weighted by atomic mass is 10.1. The first-order valence-electron chi connectivity index (χ1n) is 9.42. The Bertz CT molecular complexity index is 971. The average molecular weight is 394 g/mol. The van der Waals surface area contributed by atoms with Crippen LogP contribution < -0.4 is 25.2 Å². The maximum Gasteiger partial charge on any atom is 0.288 e. The molecule has 0 aromatic heterocycles. The van der Waals surface area contributed by atoms with E-state index in [1.807, 2.05) is 56.3 Å². The van der Waals surface area contributed by atoms with Crippen LogP contribution in [0.2, 0.25) is 0 Å². The third kappa shape index (κ3) is 4.01. The smallest absolute Gasteiger partial charge is 0.288 e. The second-order valence-corrected chi connectivity index (χ2v) is 6.94. The van der Waals surface area contributed by atoms with Crippen molar-refractivity contribution in [1.29, 1.82) is 0 Å². The van der Waals surface area contributed by atoms with Gasteiger partial charge in [0.15, 0.2) is 11.5 Å². The Morgan fingerprint density at radius 3 is 2.62 bits per heavy atom. The van der Waals surface area contributed by atoms with Crippen LogP contribution in [0.4, 0.5) is 5.69 Å². The molecule has 150 valence electrons. The molecule has 2 heterocycles. The fraction of sp³-hybridized carbons (Fsp3) is 0.286. The highest BCUT2D eigenvalue weighted by molar-refractivity contribution is 6.39. The molecule has 0 bridgehead atoms. The fourth-order valence-corrected chi connectivity index (χ4v) is 3.12. The molecule has 2 aliphatic rings. The number of nitrogens with one attached hydrogen (secondary N) is 2. The van der Waals surface area contributed by atoms with E-state index in [0.717, 1.165) is 11.1 Å². The van der Waals surface area contributed by atoms with Crippen LogP contribution in [0.5, 0.6) is 11.5 Å². The zero-order valence-electron chi connectivity index (χ0n) is 16.3. The van der Waals surface area contributed by atoms with Crippen LogP contribution in [0.1, 0.15) is 24.1 Å². The summed E-state index contributed by atoms with van der Waals surface area (Å²) in [4.78, 5) is 29.0. The Balaban J connectivity index is 1.45. The summed E-state index contributed by atoms with van der Waals surface area (Å²) < 4.78 is 11.1. The molecular weight excluding hydrogens is 372 g/mol. The number of fused-ring (bicyclic) bond motifs is 1. The second kappa shape index (κ2) is 7.83. The monoisotopic (exact) mass is 394 g/mol. The number of hydrogen-bond acceptors (Lipinski definition) is 6. The van der Waals surface area contributed by atoms with Crippen LogP contribution in [0, 0.1) is 6.92 Å². The van der Waals surface area contributed by atoms with E-state index in [1.54, 1.807) is 0 Å². The molecule has 0 radical (unpaired) electrons. The predicted octanol–water partition coefficient (Wildman–Crippen LogP) is 1.89. The maximum atomic E-state index is 12.7. The van der Waals surface area contributed by atoms with Gasteiger partial charge in [0.1, 0.15) is 19.8 Å². The van der Waals surface area contributed by atoms with Crippen LogP contribution in [-0.2, 0) is 9.59 Å². The lowest BCUT2D eigenvalue weighted by molar-refractivity contribution is -0.118. The number of aryl methyl sites for hydroxylation is 1. The minimum Gasteiger partial charge on any atom is -0.486 e. The van der Waals surface area contributed by atoms with E-state index in [-0.39, 0.29) is 24.3 Å². The molecule has 2 aromatic carbocycles. The van der Waals surface area contributed by atoms with E-state index in [2.05, 4.69) is 15.7 Å². The number of hydrogen-bond donors (Lipinski definition) is 2. The van der Waals surface area contributed by atoms with Crippen molar-refractivity contribution in [3.05, 3.63) is 53.6 Å². The van der Waals surface area contributed by atoms with E-state index in [9.17, 15) is 9.59 Å². The van der Waals surface area contributed by atoms with Crippen LogP contribution in [0.25, 0.3) is 0 Å². The largest absolute Gasteiger partial charge is 0.486 e. The molecule has 1 unspecified atom stereocenters. The summed E-state index contributed by atoms with van der Waals surface area (Å²) >= 11 is 0. The van der Waals surface area contributed by atoms with Crippen LogP contribution >= 0.6 is 0 Å². The lowest BCUT2D eigenvalue weighted by Gasteiger charge is -2.28. The summed E-state index contributed by atoms with van der Waals surface area (Å²) in [6.07, 6.45) is 0. The van der Waals surface area contributed by atoms with Crippen molar-refractivity contribution >= 4 is 23.3 Å². The molecule has 2 amide bonds. The number of carbonyl (C=O) groups excluding carboxylic acids is 2. The third-order valence-corrected chi connectivity index (χ3v) is 4.76. The molecular formula is C21H22N4O4. The predicted molar refractivity (Wildman–Crippen MR) is 108 cm³/mol. The van der Waals surface area contributed by atoms with Gasteiger partial charge in [0.05, 0.1) is 11.7 Å². The van der Waals surface area contributed by atoms with Gasteiger partial charge in [-0.2, -0.15) is 0 Å². The van der Waals surface area contributed by atoms with Crippen LogP contribution in [-0.4, -0.2) is 37.4 Å². The van der Waals surface area contributed by atoms with Crippen molar-refractivity contribution in [3.8, 4) is 11.5 Å². The zero-order chi connectivity index (χ0) is 20.4. The Labute approximate surface area is 168 Å². The molecule has 8 nitrogen and oxygen atoms in total. The van der Waals surface area contributed by atoms with Crippen molar-refractivity contribution in [3.63, 3.8) is 0 Å². The van der Waals surface area contributed by atoms with Gasteiger partial charge in [-0.15, -0.1) is 0 Å². The van der Waals surface area contributed by atoms with Crippen LogP contribution in [0.3, 0.4) is 0 Å². The quantitative estimate of drug-likeness (QED) is 0.826. The number of amidine groups is 1. The molecule has 1 atom stereocenters. The molecule has 2 N–H and O–H groups in total. The summed E-state index contributed by atoms with van der Waals surface area (Å²) in [7, 11) is 0. The first-order valence-corrected chi connectivity index (χ1v) is 9.42. The number of anilines is 1. The van der Waals surface area contributed by atoms with E-state index >= 15 is 0 Å². The van der Waals surface area contributed by atoms with E-state index in [4.69, 9.17) is 9.47 Å². The van der Waals surface area contributed by atoms with Gasteiger partial charge in [0.2, 0.25) is 5.84 Å². The van der Waals surface area contributed by atoms with Gasteiger partial charge < -0.3 is 14.8 Å². The van der Waals surface area contributed by atoms with Gasteiger partial charge in [0.25, 0.3) is 11.8 Å². The van der Waals surface area contributed by atoms with E-state index in [0.29, 0.717) is 30.4 Å². The van der Waals surface area contributed by atoms with Gasteiger partial charge in [-0.3, -0.25) is 20.0 Å². The van der Waals surface area contributed by atoms with E-state index < -0.39 is 5.91 Å². The van der Waals surface area contributed by atoms with Crippen molar-refractivity contribution in [2.75, 3.05) is 24.8 Å². The first-order chi connectivity index (χ1) is 14.0. The zero-order valence-corrected chi connectivity index (χ0v) is 16.3. The normalized spacial score (nSPS) is 16.6. The SMILES string of the molecule is Cc1ccc(N2NC(C(=O)NC(C)c3ccc4c(c3)OCCO4)=NCC2=O)cc1. The molecule has 29 heavy (non-hydrogen) atoms. The van der Waals surface area contributed by atoms with Crippen molar-refractivity contribution in [1.82, 2.24) is 10.7 Å². The standard InChI is InChI=1S/C21H22N4O4/c1-13-3-6-16(7-4-13)25-19(26)12-22-20(24-25)21(27)23-14(2)15-5-8-17-18(11-15)29-10-9-28-17/h3-8,11,14H,9-10,12H2,1-2H3,(H,22,24)(H,23,27). The molecule has 0 saturated carbocycles. The number of carbonyl (C=O) groups is 2. The second-order valence-electron chi connectivity index (χ2n) is 6.94. The fourth-order valence-electron chi connectivity index (χ4n) is 3.12. The number of aliphatic imine (C=N–C) groups is 1. The first kappa shape index (κ1) is 18.8. The summed E-state index contributed by atoms with van der Waals surface area (Å²) in [6.45, 7) is 4.77. The molecule has 0 spiro atoms. The van der Waals surface area contributed by atoms with Gasteiger partial charge in [-0.1, -0.05) is 23.8 Å². The minimum atomic E-state index is -0.392. The number of nitrogens with zero attached hydrogens (tertiary/aromatic N) is 2. The van der Waals surface area contributed by atoms with Crippen LogP contribution in [0.15, 0.2) is 47.5 Å². The highest BCUT2D eigenvalue weighted by Gasteiger charge is 2.26. The minimum absolute atomic E-state index is 0.0922. The number of ether oxygens (including phenoxy) is 2. The van der Waals surface area contributed by atoms with Gasteiger partial charge in [-0.05, 0) is 43.7 Å². The molecule has 0 saturated heterocycles. The Morgan fingerprint density at radius 1 is 1.14 bits per heavy atom. The molecule has 2 aliphatic heterocycles. The van der Waals surface area contributed by atoms with Crippen molar-refractivity contribution < 1.29 is 19.1 Å². The summed E-state index contributed by atoms with van der Waals surface area (Å²) in [5.74, 6) is 0.833. The molecule has 0 fully saturated rings. The average Bonchev–Trinajstić information content (AvgIpc) is 2.74. The highest BCUT2D eigenvalue weighted by atomic mass is 16.6. The number of amides is 2. The summed E-state index contributed by atoms with van der Waals surface area (Å²) in [6, 6.07) is 12.7.